The van der Waals surface area contributed by atoms with Crippen molar-refractivity contribution in [3.8, 4) is 0 Å². The van der Waals surface area contributed by atoms with Gasteiger partial charge >= 0.3 is 0 Å². The van der Waals surface area contributed by atoms with Crippen molar-refractivity contribution < 1.29 is 13.2 Å². The normalized spacial score (nSPS) is 16.7. The number of alkyl halides is 1. The number of nitrogens with one attached hydrogen (secondary N) is 1. The van der Waals surface area contributed by atoms with E-state index in [4.69, 9.17) is 11.6 Å². The molecule has 2 heterocycles. The maximum atomic E-state index is 12.8. The first-order valence-electron chi connectivity index (χ1n) is 8.44. The van der Waals surface area contributed by atoms with E-state index in [-0.39, 0.29) is 10.8 Å². The van der Waals surface area contributed by atoms with Crippen molar-refractivity contribution in [2.45, 2.75) is 17.2 Å². The lowest BCUT2D eigenvalue weighted by molar-refractivity contribution is -0.115. The highest BCUT2D eigenvalue weighted by atomic mass is 35.5. The van der Waals surface area contributed by atoms with Crippen LogP contribution in [0.15, 0.2) is 47.8 Å². The van der Waals surface area contributed by atoms with E-state index in [2.05, 4.69) is 15.3 Å². The average Bonchev–Trinajstić information content (AvgIpc) is 2.69. The summed E-state index contributed by atoms with van der Waals surface area (Å²) in [5, 5.41) is 1.96. The Morgan fingerprint density at radius 1 is 1.15 bits per heavy atom. The molecular weight excluding hydrogens is 390 g/mol. The number of sulfonamides is 1. The molecule has 144 valence electrons. The van der Waals surface area contributed by atoms with Crippen molar-refractivity contribution in [2.75, 3.05) is 36.4 Å². The molecule has 1 aromatic heterocycles. The first-order chi connectivity index (χ1) is 12.9. The van der Waals surface area contributed by atoms with Crippen molar-refractivity contribution in [3.05, 3.63) is 42.9 Å². The van der Waals surface area contributed by atoms with Gasteiger partial charge in [-0.15, -0.1) is 11.6 Å². The Morgan fingerprint density at radius 3 is 2.37 bits per heavy atom. The highest BCUT2D eigenvalue weighted by Gasteiger charge is 2.29. The predicted molar refractivity (Wildman–Crippen MR) is 103 cm³/mol. The lowest BCUT2D eigenvalue weighted by Crippen LogP contribution is -2.48. The minimum absolute atomic E-state index is 0.187. The topological polar surface area (TPSA) is 95.5 Å². The summed E-state index contributed by atoms with van der Waals surface area (Å²) < 4.78 is 27.1. The van der Waals surface area contributed by atoms with Crippen LogP contribution in [0.2, 0.25) is 0 Å². The number of aromatic nitrogens is 2. The van der Waals surface area contributed by atoms with Gasteiger partial charge in [-0.1, -0.05) is 0 Å². The van der Waals surface area contributed by atoms with E-state index in [1.165, 1.54) is 16.4 Å². The van der Waals surface area contributed by atoms with E-state index in [0.717, 1.165) is 5.82 Å². The summed E-state index contributed by atoms with van der Waals surface area (Å²) in [5.74, 6) is 0.399. The summed E-state index contributed by atoms with van der Waals surface area (Å²) in [5.41, 5.74) is 0.499. The van der Waals surface area contributed by atoms with Crippen molar-refractivity contribution in [1.29, 1.82) is 0 Å². The van der Waals surface area contributed by atoms with Gasteiger partial charge in [-0.2, -0.15) is 4.31 Å². The molecule has 3 rings (SSSR count). The van der Waals surface area contributed by atoms with Gasteiger partial charge in [0, 0.05) is 44.3 Å². The van der Waals surface area contributed by atoms with Gasteiger partial charge in [-0.05, 0) is 31.2 Å². The molecule has 1 aliphatic rings. The van der Waals surface area contributed by atoms with Crippen LogP contribution in [0.5, 0.6) is 0 Å². The highest BCUT2D eigenvalue weighted by Crippen LogP contribution is 2.21. The third kappa shape index (κ3) is 4.55. The van der Waals surface area contributed by atoms with E-state index in [9.17, 15) is 13.2 Å². The molecule has 0 saturated carbocycles. The second-order valence-electron chi connectivity index (χ2n) is 6.08. The minimum atomic E-state index is -3.60. The van der Waals surface area contributed by atoms with E-state index in [1.807, 2.05) is 4.90 Å². The number of hydrogen-bond acceptors (Lipinski definition) is 6. The predicted octanol–water partition coefficient (Wildman–Crippen LogP) is 1.55. The highest BCUT2D eigenvalue weighted by molar-refractivity contribution is 7.89. The molecule has 0 aliphatic carbocycles. The number of carbonyl (C=O) groups excluding carboxylic acids is 1. The second-order valence-corrected chi connectivity index (χ2v) is 8.68. The lowest BCUT2D eigenvalue weighted by Gasteiger charge is -2.34. The molecule has 1 saturated heterocycles. The molecule has 1 aliphatic heterocycles. The fourth-order valence-electron chi connectivity index (χ4n) is 2.71. The number of anilines is 2. The number of nitrogens with zero attached hydrogens (tertiary/aromatic N) is 4. The molecule has 1 unspecified atom stereocenters. The number of piperazine rings is 1. The van der Waals surface area contributed by atoms with Crippen LogP contribution in [0.1, 0.15) is 6.92 Å². The SMILES string of the molecule is CC(Cl)C(=O)Nc1ccc(S(=O)(=O)N2CCN(c3cnccn3)CC2)cc1. The summed E-state index contributed by atoms with van der Waals surface area (Å²) in [6, 6.07) is 6.08. The Kier molecular flexibility index (Phi) is 5.93. The van der Waals surface area contributed by atoms with Crippen LogP contribution in [0.25, 0.3) is 0 Å². The first kappa shape index (κ1) is 19.5. The fourth-order valence-corrected chi connectivity index (χ4v) is 4.19. The van der Waals surface area contributed by atoms with E-state index in [0.29, 0.717) is 31.9 Å². The first-order valence-corrected chi connectivity index (χ1v) is 10.3. The van der Waals surface area contributed by atoms with Crippen LogP contribution in [0.4, 0.5) is 11.5 Å². The standard InChI is InChI=1S/C17H20ClN5O3S/c1-13(18)17(24)21-14-2-4-15(5-3-14)27(25,26)23-10-8-22(9-11-23)16-12-19-6-7-20-16/h2-7,12-13H,8-11H2,1H3,(H,21,24). The van der Waals surface area contributed by atoms with E-state index in [1.54, 1.807) is 37.6 Å². The molecule has 1 aromatic carbocycles. The maximum absolute atomic E-state index is 12.8. The van der Waals surface area contributed by atoms with Gasteiger partial charge in [0.15, 0.2) is 0 Å². The minimum Gasteiger partial charge on any atom is -0.353 e. The van der Waals surface area contributed by atoms with Crippen molar-refractivity contribution >= 4 is 39.0 Å². The van der Waals surface area contributed by atoms with Crippen molar-refractivity contribution in [2.24, 2.45) is 0 Å². The largest absolute Gasteiger partial charge is 0.353 e. The van der Waals surface area contributed by atoms with Crippen LogP contribution >= 0.6 is 11.6 Å². The Balaban J connectivity index is 1.66. The van der Waals surface area contributed by atoms with Crippen LogP contribution in [-0.4, -0.2) is 60.2 Å². The zero-order valence-corrected chi connectivity index (χ0v) is 16.3. The van der Waals surface area contributed by atoms with Gasteiger partial charge in [0.2, 0.25) is 15.9 Å². The van der Waals surface area contributed by atoms with Crippen LogP contribution in [0, 0.1) is 0 Å². The quantitative estimate of drug-likeness (QED) is 0.753. The van der Waals surface area contributed by atoms with Gasteiger partial charge in [0.1, 0.15) is 11.2 Å². The summed E-state index contributed by atoms with van der Waals surface area (Å²) in [4.78, 5) is 22.1. The molecule has 10 heteroatoms. The fraction of sp³-hybridized carbons (Fsp3) is 0.353. The van der Waals surface area contributed by atoms with Gasteiger partial charge in [-0.25, -0.2) is 13.4 Å². The molecule has 0 radical (unpaired) electrons. The monoisotopic (exact) mass is 409 g/mol. The third-order valence-electron chi connectivity index (χ3n) is 4.23. The summed E-state index contributed by atoms with van der Waals surface area (Å²) in [7, 11) is -3.60. The molecular formula is C17H20ClN5O3S. The second kappa shape index (κ2) is 8.20. The number of rotatable bonds is 5. The van der Waals surface area contributed by atoms with Gasteiger partial charge in [-0.3, -0.25) is 9.78 Å². The molecule has 0 spiro atoms. The molecule has 1 N–H and O–H groups in total. The Bertz CT molecular complexity index is 883. The zero-order valence-electron chi connectivity index (χ0n) is 14.7. The number of benzene rings is 1. The van der Waals surface area contributed by atoms with Gasteiger partial charge < -0.3 is 10.2 Å². The Hall–Kier alpha value is -2.23. The maximum Gasteiger partial charge on any atom is 0.243 e. The number of amides is 1. The van der Waals surface area contributed by atoms with Crippen LogP contribution < -0.4 is 10.2 Å². The molecule has 1 amide bonds. The number of carbonyl (C=O) groups is 1. The Morgan fingerprint density at radius 2 is 1.81 bits per heavy atom. The molecule has 1 atom stereocenters. The molecule has 0 bridgehead atoms. The van der Waals surface area contributed by atoms with Crippen LogP contribution in [0.3, 0.4) is 0 Å². The summed E-state index contributed by atoms with van der Waals surface area (Å²) in [6.45, 7) is 3.37. The van der Waals surface area contributed by atoms with E-state index >= 15 is 0 Å². The van der Waals surface area contributed by atoms with Crippen molar-refractivity contribution in [1.82, 2.24) is 14.3 Å². The molecule has 8 nitrogen and oxygen atoms in total. The van der Waals surface area contributed by atoms with Gasteiger partial charge in [0.05, 0.1) is 11.1 Å². The van der Waals surface area contributed by atoms with E-state index < -0.39 is 15.4 Å². The third-order valence-corrected chi connectivity index (χ3v) is 6.34. The molecule has 2 aromatic rings. The summed E-state index contributed by atoms with van der Waals surface area (Å²) in [6.07, 6.45) is 4.88. The molecule has 1 fully saturated rings. The number of hydrogen-bond donors (Lipinski definition) is 1. The van der Waals surface area contributed by atoms with Gasteiger partial charge in [0.25, 0.3) is 0 Å². The summed E-state index contributed by atoms with van der Waals surface area (Å²) >= 11 is 5.71. The average molecular weight is 410 g/mol. The number of halogens is 1. The van der Waals surface area contributed by atoms with Crippen molar-refractivity contribution in [3.63, 3.8) is 0 Å². The smallest absolute Gasteiger partial charge is 0.243 e. The Labute approximate surface area is 163 Å². The molecule has 27 heavy (non-hydrogen) atoms. The zero-order chi connectivity index (χ0) is 19.4. The van der Waals surface area contributed by atoms with Crippen LogP contribution in [-0.2, 0) is 14.8 Å². The lowest BCUT2D eigenvalue weighted by atomic mass is 10.3.